The number of rotatable bonds is 4. The van der Waals surface area contributed by atoms with Gasteiger partial charge in [0.25, 0.3) is 0 Å². The fraction of sp³-hybridized carbons (Fsp3) is 0.235. The number of nitrogens with one attached hydrogen (secondary N) is 2. The summed E-state index contributed by atoms with van der Waals surface area (Å²) in [5.41, 5.74) is 2.97. The van der Waals surface area contributed by atoms with Gasteiger partial charge in [-0.25, -0.2) is 0 Å². The van der Waals surface area contributed by atoms with Gasteiger partial charge in [-0.15, -0.1) is 0 Å². The van der Waals surface area contributed by atoms with Crippen molar-refractivity contribution in [3.8, 4) is 5.75 Å². The molecular formula is C17H18BrClN2OS. The van der Waals surface area contributed by atoms with E-state index in [-0.39, 0.29) is 6.04 Å². The molecule has 0 radical (unpaired) electrons. The van der Waals surface area contributed by atoms with Crippen molar-refractivity contribution in [2.75, 3.05) is 12.4 Å². The minimum Gasteiger partial charge on any atom is -0.496 e. The lowest BCUT2D eigenvalue weighted by atomic mass is 10.1. The van der Waals surface area contributed by atoms with Crippen molar-refractivity contribution < 1.29 is 4.74 Å². The summed E-state index contributed by atoms with van der Waals surface area (Å²) in [4.78, 5) is 0. The van der Waals surface area contributed by atoms with Crippen LogP contribution in [-0.4, -0.2) is 12.2 Å². The fourth-order valence-electron chi connectivity index (χ4n) is 2.13. The molecule has 23 heavy (non-hydrogen) atoms. The fourth-order valence-corrected chi connectivity index (χ4v) is 3.15. The number of benzene rings is 2. The quantitative estimate of drug-likeness (QED) is 0.651. The Bertz CT molecular complexity index is 724. The zero-order chi connectivity index (χ0) is 17.0. The molecule has 0 aliphatic heterocycles. The highest BCUT2D eigenvalue weighted by Gasteiger charge is 2.11. The molecule has 0 saturated carbocycles. The Morgan fingerprint density at radius 1 is 1.30 bits per heavy atom. The largest absolute Gasteiger partial charge is 0.496 e. The Hall–Kier alpha value is -1.30. The lowest BCUT2D eigenvalue weighted by Gasteiger charge is -2.19. The number of hydrogen-bond donors (Lipinski definition) is 2. The highest BCUT2D eigenvalue weighted by Crippen LogP contribution is 2.28. The molecule has 0 fully saturated rings. The smallest absolute Gasteiger partial charge is 0.171 e. The summed E-state index contributed by atoms with van der Waals surface area (Å²) in [6, 6.07) is 11.7. The summed E-state index contributed by atoms with van der Waals surface area (Å²) >= 11 is 15.0. The van der Waals surface area contributed by atoms with Gasteiger partial charge in [0.05, 0.1) is 17.6 Å². The normalized spacial score (nSPS) is 11.7. The number of ether oxygens (including phenoxy) is 1. The first kappa shape index (κ1) is 18.0. The minimum atomic E-state index is 0.0525. The third-order valence-electron chi connectivity index (χ3n) is 3.54. The van der Waals surface area contributed by atoms with Crippen LogP contribution in [0.1, 0.15) is 24.1 Å². The van der Waals surface area contributed by atoms with Gasteiger partial charge in [-0.2, -0.15) is 0 Å². The van der Waals surface area contributed by atoms with Gasteiger partial charge in [0.2, 0.25) is 0 Å². The van der Waals surface area contributed by atoms with E-state index < -0.39 is 0 Å². The van der Waals surface area contributed by atoms with Gasteiger partial charge >= 0.3 is 0 Å². The Labute approximate surface area is 155 Å². The molecular weight excluding hydrogens is 396 g/mol. The van der Waals surface area contributed by atoms with Crippen molar-refractivity contribution in [1.29, 1.82) is 0 Å². The van der Waals surface area contributed by atoms with Crippen molar-refractivity contribution in [1.82, 2.24) is 5.32 Å². The van der Waals surface area contributed by atoms with E-state index in [9.17, 15) is 0 Å². The molecule has 2 aromatic carbocycles. The Balaban J connectivity index is 2.05. The van der Waals surface area contributed by atoms with Gasteiger partial charge in [-0.1, -0.05) is 23.7 Å². The predicted molar refractivity (Wildman–Crippen MR) is 105 cm³/mol. The molecule has 2 aromatic rings. The van der Waals surface area contributed by atoms with Gasteiger partial charge < -0.3 is 15.4 Å². The van der Waals surface area contributed by atoms with Crippen LogP contribution < -0.4 is 15.4 Å². The molecule has 1 atom stereocenters. The van der Waals surface area contributed by atoms with Crippen LogP contribution >= 0.6 is 39.7 Å². The first-order chi connectivity index (χ1) is 10.9. The number of halogens is 2. The third-order valence-corrected chi connectivity index (χ3v) is 4.79. The molecule has 3 nitrogen and oxygen atoms in total. The second-order valence-corrected chi connectivity index (χ2v) is 6.80. The summed E-state index contributed by atoms with van der Waals surface area (Å²) in [5.74, 6) is 0.802. The second kappa shape index (κ2) is 7.99. The van der Waals surface area contributed by atoms with Gasteiger partial charge in [0.1, 0.15) is 5.75 Å². The SMILES string of the molecule is COc1ccc([C@@H](C)NC(=S)Nc2cccc(Cl)c2C)cc1Br. The van der Waals surface area contributed by atoms with E-state index >= 15 is 0 Å². The first-order valence-corrected chi connectivity index (χ1v) is 8.66. The number of thiocarbonyl (C=S) groups is 1. The third kappa shape index (κ3) is 4.59. The van der Waals surface area contributed by atoms with E-state index in [1.165, 1.54) is 0 Å². The molecule has 0 aromatic heterocycles. The second-order valence-electron chi connectivity index (χ2n) is 5.13. The van der Waals surface area contributed by atoms with Crippen LogP contribution in [0, 0.1) is 6.92 Å². The molecule has 0 heterocycles. The zero-order valence-corrected chi connectivity index (χ0v) is 16.3. The Kier molecular flexibility index (Phi) is 6.27. The summed E-state index contributed by atoms with van der Waals surface area (Å²) < 4.78 is 6.16. The van der Waals surface area contributed by atoms with Crippen molar-refractivity contribution >= 4 is 50.5 Å². The van der Waals surface area contributed by atoms with Crippen LogP contribution in [0.15, 0.2) is 40.9 Å². The molecule has 0 bridgehead atoms. The Morgan fingerprint density at radius 2 is 2.04 bits per heavy atom. The Morgan fingerprint density at radius 3 is 2.70 bits per heavy atom. The lowest BCUT2D eigenvalue weighted by Crippen LogP contribution is -2.31. The van der Waals surface area contributed by atoms with Crippen LogP contribution in [0.3, 0.4) is 0 Å². The summed E-state index contributed by atoms with van der Waals surface area (Å²) in [7, 11) is 1.65. The topological polar surface area (TPSA) is 33.3 Å². The maximum atomic E-state index is 6.12. The molecule has 0 amide bonds. The van der Waals surface area contributed by atoms with Crippen molar-refractivity contribution in [2.45, 2.75) is 19.9 Å². The van der Waals surface area contributed by atoms with Crippen molar-refractivity contribution in [2.24, 2.45) is 0 Å². The summed E-state index contributed by atoms with van der Waals surface area (Å²) in [5, 5.41) is 7.72. The van der Waals surface area contributed by atoms with E-state index in [0.717, 1.165) is 27.0 Å². The van der Waals surface area contributed by atoms with Crippen LogP contribution in [0.25, 0.3) is 0 Å². The van der Waals surface area contributed by atoms with Crippen LogP contribution in [-0.2, 0) is 0 Å². The number of anilines is 1. The molecule has 6 heteroatoms. The maximum absolute atomic E-state index is 6.12. The average molecular weight is 414 g/mol. The monoisotopic (exact) mass is 412 g/mol. The summed E-state index contributed by atoms with van der Waals surface area (Å²) in [6.07, 6.45) is 0. The molecule has 0 saturated heterocycles. The van der Waals surface area contributed by atoms with Gasteiger partial charge in [0.15, 0.2) is 5.11 Å². The molecule has 2 rings (SSSR count). The van der Waals surface area contributed by atoms with Gasteiger partial charge in [-0.05, 0) is 77.4 Å². The highest BCUT2D eigenvalue weighted by molar-refractivity contribution is 9.10. The first-order valence-electron chi connectivity index (χ1n) is 7.08. The standard InChI is InChI=1S/C17H18BrClN2OS/c1-10-14(19)5-4-6-15(10)21-17(23)20-11(2)12-7-8-16(22-3)13(18)9-12/h4-9,11H,1-3H3,(H2,20,21,23)/t11-/m1/s1. The van der Waals surface area contributed by atoms with E-state index in [4.69, 9.17) is 28.6 Å². The lowest BCUT2D eigenvalue weighted by molar-refractivity contribution is 0.412. The molecule has 0 spiro atoms. The van der Waals surface area contributed by atoms with Crippen LogP contribution in [0.4, 0.5) is 5.69 Å². The molecule has 2 N–H and O–H groups in total. The summed E-state index contributed by atoms with van der Waals surface area (Å²) in [6.45, 7) is 4.00. The van der Waals surface area contributed by atoms with E-state index in [2.05, 4.69) is 26.6 Å². The average Bonchev–Trinajstić information content (AvgIpc) is 2.51. The van der Waals surface area contributed by atoms with E-state index in [0.29, 0.717) is 10.1 Å². The molecule has 0 aliphatic rings. The maximum Gasteiger partial charge on any atom is 0.171 e. The predicted octanol–water partition coefficient (Wildman–Crippen LogP) is 5.47. The van der Waals surface area contributed by atoms with E-state index in [1.807, 2.05) is 50.2 Å². The highest BCUT2D eigenvalue weighted by atomic mass is 79.9. The molecule has 122 valence electrons. The molecule has 0 unspecified atom stereocenters. The van der Waals surface area contributed by atoms with Crippen LogP contribution in [0.2, 0.25) is 5.02 Å². The van der Waals surface area contributed by atoms with Gasteiger partial charge in [-0.3, -0.25) is 0 Å². The van der Waals surface area contributed by atoms with Crippen LogP contribution in [0.5, 0.6) is 5.75 Å². The van der Waals surface area contributed by atoms with E-state index in [1.54, 1.807) is 7.11 Å². The molecule has 0 aliphatic carbocycles. The number of hydrogen-bond acceptors (Lipinski definition) is 2. The van der Waals surface area contributed by atoms with Crippen molar-refractivity contribution in [3.63, 3.8) is 0 Å². The minimum absolute atomic E-state index is 0.0525. The number of methoxy groups -OCH3 is 1. The van der Waals surface area contributed by atoms with Gasteiger partial charge in [0, 0.05) is 10.7 Å². The zero-order valence-electron chi connectivity index (χ0n) is 13.1. The van der Waals surface area contributed by atoms with Crippen molar-refractivity contribution in [3.05, 3.63) is 57.0 Å².